The summed E-state index contributed by atoms with van der Waals surface area (Å²) >= 11 is 1.19. The molecule has 0 bridgehead atoms. The van der Waals surface area contributed by atoms with Crippen molar-refractivity contribution in [3.05, 3.63) is 35.2 Å². The predicted octanol–water partition coefficient (Wildman–Crippen LogP) is 3.89. The van der Waals surface area contributed by atoms with E-state index in [9.17, 15) is 18.0 Å². The first-order valence-corrected chi connectivity index (χ1v) is 8.40. The van der Waals surface area contributed by atoms with E-state index in [2.05, 4.69) is 10.3 Å². The third-order valence-corrected chi connectivity index (χ3v) is 4.82. The van der Waals surface area contributed by atoms with Gasteiger partial charge in [-0.15, -0.1) is 11.3 Å². The quantitative estimate of drug-likeness (QED) is 0.878. The molecule has 0 saturated heterocycles. The van der Waals surface area contributed by atoms with Gasteiger partial charge in [0.25, 0.3) is 0 Å². The number of anilines is 1. The van der Waals surface area contributed by atoms with E-state index < -0.39 is 11.7 Å². The SMILES string of the molecule is NC1CCC(C(=O)Nc2nc(-c3cccc(C(F)(F)F)c3)cs2)C1. The van der Waals surface area contributed by atoms with E-state index in [-0.39, 0.29) is 17.9 Å². The van der Waals surface area contributed by atoms with Gasteiger partial charge in [-0.1, -0.05) is 12.1 Å². The molecule has 128 valence electrons. The van der Waals surface area contributed by atoms with Gasteiger partial charge in [-0.2, -0.15) is 13.2 Å². The molecule has 1 heterocycles. The van der Waals surface area contributed by atoms with Crippen LogP contribution in [-0.4, -0.2) is 16.9 Å². The number of thiazole rings is 1. The average Bonchev–Trinajstić information content (AvgIpc) is 3.16. The van der Waals surface area contributed by atoms with Crippen LogP contribution in [0.2, 0.25) is 0 Å². The zero-order valence-corrected chi connectivity index (χ0v) is 13.5. The molecule has 1 fully saturated rings. The molecule has 24 heavy (non-hydrogen) atoms. The Morgan fingerprint density at radius 2 is 2.12 bits per heavy atom. The van der Waals surface area contributed by atoms with Crippen molar-refractivity contribution >= 4 is 22.4 Å². The Kier molecular flexibility index (Phi) is 4.60. The Bertz CT molecular complexity index is 744. The minimum absolute atomic E-state index is 0.0534. The van der Waals surface area contributed by atoms with Crippen LogP contribution in [0.1, 0.15) is 24.8 Å². The minimum atomic E-state index is -4.40. The van der Waals surface area contributed by atoms with Gasteiger partial charge in [-0.25, -0.2) is 4.98 Å². The number of benzene rings is 1. The summed E-state index contributed by atoms with van der Waals surface area (Å²) in [7, 11) is 0. The summed E-state index contributed by atoms with van der Waals surface area (Å²) in [6, 6.07) is 5.03. The lowest BCUT2D eigenvalue weighted by Crippen LogP contribution is -2.23. The molecular formula is C16H16F3N3OS. The Hall–Kier alpha value is -1.93. The maximum atomic E-state index is 12.8. The highest BCUT2D eigenvalue weighted by Gasteiger charge is 2.31. The number of rotatable bonds is 3. The van der Waals surface area contributed by atoms with Gasteiger partial charge >= 0.3 is 6.18 Å². The van der Waals surface area contributed by atoms with Gasteiger partial charge in [0, 0.05) is 22.9 Å². The van der Waals surface area contributed by atoms with Gasteiger partial charge < -0.3 is 11.1 Å². The number of carbonyl (C=O) groups excluding carboxylic acids is 1. The maximum absolute atomic E-state index is 12.8. The van der Waals surface area contributed by atoms with Crippen molar-refractivity contribution in [3.63, 3.8) is 0 Å². The van der Waals surface area contributed by atoms with E-state index in [0.29, 0.717) is 22.8 Å². The minimum Gasteiger partial charge on any atom is -0.328 e. The average molecular weight is 355 g/mol. The number of nitrogens with zero attached hydrogens (tertiary/aromatic N) is 1. The molecular weight excluding hydrogens is 339 g/mol. The lowest BCUT2D eigenvalue weighted by molar-refractivity contribution is -0.137. The Morgan fingerprint density at radius 1 is 1.33 bits per heavy atom. The molecule has 8 heteroatoms. The van der Waals surface area contributed by atoms with Crippen molar-refractivity contribution in [2.75, 3.05) is 5.32 Å². The smallest absolute Gasteiger partial charge is 0.328 e. The van der Waals surface area contributed by atoms with Gasteiger partial charge in [0.1, 0.15) is 0 Å². The van der Waals surface area contributed by atoms with E-state index in [0.717, 1.165) is 25.0 Å². The normalized spacial score (nSPS) is 21.0. The van der Waals surface area contributed by atoms with Gasteiger partial charge in [-0.05, 0) is 31.4 Å². The molecule has 1 aliphatic rings. The van der Waals surface area contributed by atoms with Crippen molar-refractivity contribution in [2.24, 2.45) is 11.7 Å². The highest BCUT2D eigenvalue weighted by molar-refractivity contribution is 7.14. The number of hydrogen-bond donors (Lipinski definition) is 2. The van der Waals surface area contributed by atoms with Crippen molar-refractivity contribution in [2.45, 2.75) is 31.5 Å². The molecule has 2 unspecified atom stereocenters. The molecule has 2 atom stereocenters. The molecule has 2 aromatic rings. The van der Waals surface area contributed by atoms with Gasteiger partial charge in [0.15, 0.2) is 5.13 Å². The third-order valence-electron chi connectivity index (χ3n) is 4.06. The number of nitrogens with one attached hydrogen (secondary N) is 1. The fourth-order valence-corrected chi connectivity index (χ4v) is 3.50. The van der Waals surface area contributed by atoms with Gasteiger partial charge in [0.05, 0.1) is 11.3 Å². The number of alkyl halides is 3. The van der Waals surface area contributed by atoms with Crippen LogP contribution in [0.25, 0.3) is 11.3 Å². The molecule has 4 nitrogen and oxygen atoms in total. The molecule has 0 aliphatic heterocycles. The third kappa shape index (κ3) is 3.76. The summed E-state index contributed by atoms with van der Waals surface area (Å²) in [6.07, 6.45) is -2.17. The molecule has 1 aromatic carbocycles. The highest BCUT2D eigenvalue weighted by Crippen LogP contribution is 2.33. The van der Waals surface area contributed by atoms with Gasteiger partial charge in [-0.3, -0.25) is 4.79 Å². The lowest BCUT2D eigenvalue weighted by Gasteiger charge is -2.08. The zero-order valence-electron chi connectivity index (χ0n) is 12.6. The lowest BCUT2D eigenvalue weighted by atomic mass is 10.1. The van der Waals surface area contributed by atoms with Crippen LogP contribution in [-0.2, 0) is 11.0 Å². The molecule has 1 aromatic heterocycles. The summed E-state index contributed by atoms with van der Waals surface area (Å²) in [4.78, 5) is 16.4. The molecule has 3 rings (SSSR count). The number of halogens is 3. The standard InChI is InChI=1S/C16H16F3N3OS/c17-16(18,19)11-3-1-2-9(6-11)13-8-24-15(21-13)22-14(23)10-4-5-12(20)7-10/h1-3,6,8,10,12H,4-5,7,20H2,(H,21,22,23). The van der Waals surface area contributed by atoms with Crippen LogP contribution in [0.15, 0.2) is 29.6 Å². The first-order valence-electron chi connectivity index (χ1n) is 7.52. The second-order valence-electron chi connectivity index (χ2n) is 5.88. The van der Waals surface area contributed by atoms with Crippen LogP contribution in [0, 0.1) is 5.92 Å². The summed E-state index contributed by atoms with van der Waals surface area (Å²) in [5, 5.41) is 4.74. The fraction of sp³-hybridized carbons (Fsp3) is 0.375. The summed E-state index contributed by atoms with van der Waals surface area (Å²) in [6.45, 7) is 0. The van der Waals surface area contributed by atoms with E-state index in [1.54, 1.807) is 11.4 Å². The number of carbonyl (C=O) groups is 1. The molecule has 1 saturated carbocycles. The first-order chi connectivity index (χ1) is 11.3. The van der Waals surface area contributed by atoms with Crippen molar-refractivity contribution in [1.29, 1.82) is 0 Å². The topological polar surface area (TPSA) is 68.0 Å². The fourth-order valence-electron chi connectivity index (χ4n) is 2.78. The zero-order chi connectivity index (χ0) is 17.3. The van der Waals surface area contributed by atoms with Crippen LogP contribution in [0.5, 0.6) is 0 Å². The van der Waals surface area contributed by atoms with Crippen molar-refractivity contribution in [3.8, 4) is 11.3 Å². The second kappa shape index (κ2) is 6.52. The van der Waals surface area contributed by atoms with Crippen molar-refractivity contribution < 1.29 is 18.0 Å². The van der Waals surface area contributed by atoms with Crippen molar-refractivity contribution in [1.82, 2.24) is 4.98 Å². The second-order valence-corrected chi connectivity index (χ2v) is 6.73. The van der Waals surface area contributed by atoms with Crippen LogP contribution < -0.4 is 11.1 Å². The monoisotopic (exact) mass is 355 g/mol. The molecule has 1 aliphatic carbocycles. The summed E-state index contributed by atoms with van der Waals surface area (Å²) < 4.78 is 38.3. The van der Waals surface area contributed by atoms with Crippen LogP contribution >= 0.6 is 11.3 Å². The molecule has 0 spiro atoms. The number of nitrogens with two attached hydrogens (primary N) is 1. The van der Waals surface area contributed by atoms with E-state index in [4.69, 9.17) is 5.73 Å². The summed E-state index contributed by atoms with van der Waals surface area (Å²) in [5.74, 6) is -0.256. The Balaban J connectivity index is 1.73. The highest BCUT2D eigenvalue weighted by atomic mass is 32.1. The largest absolute Gasteiger partial charge is 0.416 e. The summed E-state index contributed by atoms with van der Waals surface area (Å²) in [5.41, 5.74) is 5.85. The molecule has 3 N–H and O–H groups in total. The number of hydrogen-bond acceptors (Lipinski definition) is 4. The molecule has 1 amide bonds. The number of aromatic nitrogens is 1. The Labute approximate surface area is 140 Å². The number of amides is 1. The van der Waals surface area contributed by atoms with Gasteiger partial charge in [0.2, 0.25) is 5.91 Å². The van der Waals surface area contributed by atoms with E-state index in [1.807, 2.05) is 0 Å². The maximum Gasteiger partial charge on any atom is 0.416 e. The van der Waals surface area contributed by atoms with Crippen LogP contribution in [0.3, 0.4) is 0 Å². The van der Waals surface area contributed by atoms with E-state index >= 15 is 0 Å². The predicted molar refractivity (Wildman–Crippen MR) is 86.5 cm³/mol. The van der Waals surface area contributed by atoms with Crippen LogP contribution in [0.4, 0.5) is 18.3 Å². The Morgan fingerprint density at radius 3 is 2.79 bits per heavy atom. The molecule has 0 radical (unpaired) electrons. The first kappa shape index (κ1) is 16.9. The van der Waals surface area contributed by atoms with E-state index in [1.165, 1.54) is 17.4 Å².